The van der Waals surface area contributed by atoms with E-state index in [-0.39, 0.29) is 40.5 Å². The van der Waals surface area contributed by atoms with Crippen LogP contribution in [0.1, 0.15) is 67.7 Å². The van der Waals surface area contributed by atoms with Gasteiger partial charge >= 0.3 is 0 Å². The van der Waals surface area contributed by atoms with Gasteiger partial charge in [-0.15, -0.1) is 0 Å². The Bertz CT molecular complexity index is 1090. The number of halogens is 1. The van der Waals surface area contributed by atoms with E-state index in [0.717, 1.165) is 6.42 Å². The van der Waals surface area contributed by atoms with Crippen molar-refractivity contribution in [3.63, 3.8) is 0 Å². The van der Waals surface area contributed by atoms with Crippen molar-refractivity contribution < 1.29 is 24.2 Å². The van der Waals surface area contributed by atoms with Gasteiger partial charge in [0.25, 0.3) is 0 Å². The molecule has 3 N–H and O–H groups in total. The van der Waals surface area contributed by atoms with Crippen LogP contribution in [0.5, 0.6) is 0 Å². The summed E-state index contributed by atoms with van der Waals surface area (Å²) in [5.74, 6) is -2.29. The van der Waals surface area contributed by atoms with Crippen LogP contribution in [0.4, 0.5) is 5.69 Å². The zero-order chi connectivity index (χ0) is 28.9. The molecule has 3 unspecified atom stereocenters. The third-order valence-electron chi connectivity index (χ3n) is 8.10. The third-order valence-corrected chi connectivity index (χ3v) is 8.95. The second kappa shape index (κ2) is 10.8. The van der Waals surface area contributed by atoms with Crippen molar-refractivity contribution in [3.8, 4) is 0 Å². The van der Waals surface area contributed by atoms with Gasteiger partial charge in [0.2, 0.25) is 17.7 Å². The molecule has 4 rings (SSSR count). The number of anilines is 1. The van der Waals surface area contributed by atoms with E-state index in [0.29, 0.717) is 18.5 Å². The molecule has 3 aliphatic rings. The highest BCUT2D eigenvalue weighted by Gasteiger charge is 2.77. The minimum atomic E-state index is -1.17. The van der Waals surface area contributed by atoms with Gasteiger partial charge in [-0.25, -0.2) is 0 Å². The number of benzene rings is 1. The van der Waals surface area contributed by atoms with E-state index >= 15 is 0 Å². The highest BCUT2D eigenvalue weighted by Crippen LogP contribution is 2.60. The number of hydrogen-bond acceptors (Lipinski definition) is 5. The predicted molar refractivity (Wildman–Crippen MR) is 154 cm³/mol. The van der Waals surface area contributed by atoms with Gasteiger partial charge in [-0.3, -0.25) is 14.4 Å². The smallest absolute Gasteiger partial charge is 0.246 e. The standard InChI is InChI=1S/C30H44BrN3O5/c1-17(2)13-19(15-35)34-24(26(37)33-29(6,7)16-28(3,4)5)30-14-20(31)23(39-30)21(22(30)27(34)38)25(36)32-18-11-9-8-10-12-18/h8-12,17,19-24,35H,13-16H2,1-7H3,(H,32,36)(H,33,37)/t19-,20?,21+,22+,23+,24?,30?/m1/s1. The number of amides is 3. The molecule has 39 heavy (non-hydrogen) atoms. The quantitative estimate of drug-likeness (QED) is 0.367. The molecule has 3 heterocycles. The zero-order valence-corrected chi connectivity index (χ0v) is 25.7. The third kappa shape index (κ3) is 5.77. The number of alkyl halides is 1. The molecule has 1 aromatic carbocycles. The first-order valence-corrected chi connectivity index (χ1v) is 14.9. The first-order valence-electron chi connectivity index (χ1n) is 14.0. The number of carbonyl (C=O) groups is 3. The number of carbonyl (C=O) groups excluding carboxylic acids is 3. The molecule has 8 nitrogen and oxygen atoms in total. The lowest BCUT2D eigenvalue weighted by Gasteiger charge is -2.40. The van der Waals surface area contributed by atoms with E-state index in [1.54, 1.807) is 17.0 Å². The molecule has 0 aliphatic carbocycles. The highest BCUT2D eigenvalue weighted by molar-refractivity contribution is 9.09. The summed E-state index contributed by atoms with van der Waals surface area (Å²) in [4.78, 5) is 43.6. The van der Waals surface area contributed by atoms with Crippen molar-refractivity contribution in [2.24, 2.45) is 23.2 Å². The number of para-hydroxylation sites is 1. The monoisotopic (exact) mass is 605 g/mol. The summed E-state index contributed by atoms with van der Waals surface area (Å²) in [6.45, 7) is 14.1. The lowest BCUT2D eigenvalue weighted by atomic mass is 9.70. The van der Waals surface area contributed by atoms with Crippen molar-refractivity contribution in [2.45, 2.75) is 102 Å². The van der Waals surface area contributed by atoms with Crippen LogP contribution in [-0.2, 0) is 19.1 Å². The van der Waals surface area contributed by atoms with Gasteiger partial charge in [-0.2, -0.15) is 0 Å². The van der Waals surface area contributed by atoms with Crippen molar-refractivity contribution in [3.05, 3.63) is 30.3 Å². The lowest BCUT2D eigenvalue weighted by molar-refractivity contribution is -0.146. The Hall–Kier alpha value is -1.97. The van der Waals surface area contributed by atoms with Crippen LogP contribution in [0, 0.1) is 23.2 Å². The van der Waals surface area contributed by atoms with Crippen molar-refractivity contribution >= 4 is 39.3 Å². The van der Waals surface area contributed by atoms with Gasteiger partial charge < -0.3 is 25.4 Å². The molecule has 1 spiro atoms. The SMILES string of the molecule is CC(C)C[C@H](CO)N1C(=O)[C@@H]2[C@H](C(=O)Nc3ccccc3)[C@H]3OC2(CC3Br)C1C(=O)NC(C)(C)CC(C)(C)C. The summed E-state index contributed by atoms with van der Waals surface area (Å²) in [7, 11) is 0. The average molecular weight is 607 g/mol. The van der Waals surface area contributed by atoms with Crippen LogP contribution >= 0.6 is 15.9 Å². The number of fused-ring (bicyclic) bond motifs is 1. The number of aliphatic hydroxyl groups is 1. The largest absolute Gasteiger partial charge is 0.394 e. The summed E-state index contributed by atoms with van der Waals surface area (Å²) in [5.41, 5.74) is -1.10. The average Bonchev–Trinajstić information content (AvgIpc) is 3.39. The van der Waals surface area contributed by atoms with Crippen molar-refractivity contribution in [2.75, 3.05) is 11.9 Å². The van der Waals surface area contributed by atoms with Crippen LogP contribution in [0.2, 0.25) is 0 Å². The number of hydrogen-bond donors (Lipinski definition) is 3. The van der Waals surface area contributed by atoms with E-state index in [1.807, 2.05) is 45.9 Å². The second-order valence-electron chi connectivity index (χ2n) is 13.8. The molecule has 2 bridgehead atoms. The maximum Gasteiger partial charge on any atom is 0.246 e. The van der Waals surface area contributed by atoms with E-state index in [1.165, 1.54) is 0 Å². The van der Waals surface area contributed by atoms with E-state index in [4.69, 9.17) is 4.74 Å². The number of aliphatic hydroxyl groups excluding tert-OH is 1. The fourth-order valence-corrected chi connectivity index (χ4v) is 8.34. The maximum atomic E-state index is 14.3. The minimum absolute atomic E-state index is 0.0298. The summed E-state index contributed by atoms with van der Waals surface area (Å²) in [5, 5.41) is 16.6. The zero-order valence-electron chi connectivity index (χ0n) is 24.2. The molecule has 3 amide bonds. The molecular formula is C30H44BrN3O5. The topological polar surface area (TPSA) is 108 Å². The molecule has 3 saturated heterocycles. The van der Waals surface area contributed by atoms with Gasteiger partial charge in [-0.1, -0.05) is 68.7 Å². The Morgan fingerprint density at radius 2 is 1.79 bits per heavy atom. The molecule has 3 fully saturated rings. The molecule has 0 aromatic heterocycles. The van der Waals surface area contributed by atoms with Crippen LogP contribution in [0.3, 0.4) is 0 Å². The van der Waals surface area contributed by atoms with Gasteiger partial charge in [0.05, 0.1) is 30.6 Å². The molecule has 216 valence electrons. The van der Waals surface area contributed by atoms with Crippen molar-refractivity contribution in [1.82, 2.24) is 10.2 Å². The number of likely N-dealkylation sites (tertiary alicyclic amines) is 1. The first kappa shape index (κ1) is 30.0. The Kier molecular flexibility index (Phi) is 8.30. The van der Waals surface area contributed by atoms with Gasteiger partial charge in [-0.05, 0) is 56.6 Å². The van der Waals surface area contributed by atoms with Crippen LogP contribution in [0.25, 0.3) is 0 Å². The summed E-state index contributed by atoms with van der Waals surface area (Å²) in [6, 6.07) is 7.62. The molecule has 1 aromatic rings. The number of ether oxygens (including phenoxy) is 1. The highest BCUT2D eigenvalue weighted by atomic mass is 79.9. The molecule has 3 aliphatic heterocycles. The maximum absolute atomic E-state index is 14.3. The number of nitrogens with zero attached hydrogens (tertiary/aromatic N) is 1. The molecule has 7 atom stereocenters. The summed E-state index contributed by atoms with van der Waals surface area (Å²) in [6.07, 6.45) is 1.14. The van der Waals surface area contributed by atoms with Crippen LogP contribution in [0.15, 0.2) is 30.3 Å². The normalized spacial score (nSPS) is 31.0. The van der Waals surface area contributed by atoms with Crippen LogP contribution < -0.4 is 10.6 Å². The van der Waals surface area contributed by atoms with E-state index in [9.17, 15) is 19.5 Å². The first-order chi connectivity index (χ1) is 18.1. The van der Waals surface area contributed by atoms with Gasteiger partial charge in [0, 0.05) is 16.1 Å². The van der Waals surface area contributed by atoms with Gasteiger partial charge in [0.15, 0.2) is 0 Å². The Balaban J connectivity index is 1.74. The Morgan fingerprint density at radius 3 is 2.36 bits per heavy atom. The summed E-state index contributed by atoms with van der Waals surface area (Å²) < 4.78 is 6.60. The number of nitrogens with one attached hydrogen (secondary N) is 2. The molecule has 0 radical (unpaired) electrons. The minimum Gasteiger partial charge on any atom is -0.394 e. The molecule has 9 heteroatoms. The second-order valence-corrected chi connectivity index (χ2v) is 15.0. The Morgan fingerprint density at radius 1 is 1.15 bits per heavy atom. The van der Waals surface area contributed by atoms with Crippen LogP contribution in [-0.4, -0.2) is 68.5 Å². The Labute approximate surface area is 240 Å². The molecule has 0 saturated carbocycles. The molecular weight excluding hydrogens is 562 g/mol. The number of rotatable bonds is 9. The fraction of sp³-hybridized carbons (Fsp3) is 0.700. The predicted octanol–water partition coefficient (Wildman–Crippen LogP) is 4.11. The lowest BCUT2D eigenvalue weighted by Crippen LogP contribution is -2.61. The van der Waals surface area contributed by atoms with Crippen molar-refractivity contribution in [1.29, 1.82) is 0 Å². The van der Waals surface area contributed by atoms with E-state index < -0.39 is 41.2 Å². The summed E-state index contributed by atoms with van der Waals surface area (Å²) >= 11 is 3.72. The fourth-order valence-electron chi connectivity index (χ4n) is 7.40. The van der Waals surface area contributed by atoms with Gasteiger partial charge in [0.1, 0.15) is 11.6 Å². The van der Waals surface area contributed by atoms with E-state index in [2.05, 4.69) is 47.3 Å².